The highest BCUT2D eigenvalue weighted by Gasteiger charge is 2.26. The van der Waals surface area contributed by atoms with Gasteiger partial charge in [0.1, 0.15) is 6.54 Å². The lowest BCUT2D eigenvalue weighted by atomic mass is 10.1. The molecule has 1 amide bonds. The number of sulfonamides is 1. The van der Waals surface area contributed by atoms with Crippen LogP contribution >= 0.6 is 11.3 Å². The number of benzene rings is 2. The molecule has 1 aromatic heterocycles. The van der Waals surface area contributed by atoms with E-state index in [2.05, 4.69) is 4.99 Å². The van der Waals surface area contributed by atoms with E-state index in [0.29, 0.717) is 17.9 Å². The van der Waals surface area contributed by atoms with Crippen LogP contribution in [0.4, 0.5) is 0 Å². The quantitative estimate of drug-likeness (QED) is 0.368. The lowest BCUT2D eigenvalue weighted by molar-refractivity contribution is -0.141. The van der Waals surface area contributed by atoms with Gasteiger partial charge in [-0.15, -0.1) is 0 Å². The van der Waals surface area contributed by atoms with Crippen molar-refractivity contribution in [3.8, 4) is 0 Å². The number of hydrogen-bond acceptors (Lipinski definition) is 6. The fraction of sp³-hybridized carbons (Fsp3) is 0.444. The molecule has 0 N–H and O–H groups in total. The zero-order valence-electron chi connectivity index (χ0n) is 22.4. The molecule has 200 valence electrons. The number of methoxy groups -OCH3 is 1. The van der Waals surface area contributed by atoms with Gasteiger partial charge in [0, 0.05) is 18.7 Å². The minimum atomic E-state index is -3.70. The SMILES string of the molecule is COC(=O)Cn1c(=NC(=O)c2ccc(S(=O)(=O)N(CC(C)C)CC(C)C)cc2)sc2c(C)cc(C)cc21. The Balaban J connectivity index is 2.00. The lowest BCUT2D eigenvalue weighted by Gasteiger charge is -2.25. The molecule has 0 aliphatic rings. The van der Waals surface area contributed by atoms with Gasteiger partial charge in [-0.2, -0.15) is 9.30 Å². The van der Waals surface area contributed by atoms with E-state index in [1.165, 1.54) is 47.0 Å². The van der Waals surface area contributed by atoms with E-state index in [4.69, 9.17) is 4.74 Å². The second-order valence-corrected chi connectivity index (χ2v) is 12.9. The van der Waals surface area contributed by atoms with Crippen molar-refractivity contribution in [2.24, 2.45) is 16.8 Å². The molecule has 0 spiro atoms. The number of esters is 1. The van der Waals surface area contributed by atoms with E-state index in [1.54, 1.807) is 4.57 Å². The number of aromatic nitrogens is 1. The summed E-state index contributed by atoms with van der Waals surface area (Å²) in [7, 11) is -2.39. The third-order valence-electron chi connectivity index (χ3n) is 5.70. The van der Waals surface area contributed by atoms with Gasteiger partial charge >= 0.3 is 5.97 Å². The van der Waals surface area contributed by atoms with Gasteiger partial charge in [-0.05, 0) is 67.1 Å². The Morgan fingerprint density at radius 2 is 1.62 bits per heavy atom. The summed E-state index contributed by atoms with van der Waals surface area (Å²) in [5, 5.41) is 0. The standard InChI is InChI=1S/C27H35N3O5S2/c1-17(2)14-29(15-18(3)4)37(33,34)22-10-8-21(9-11-22)26(32)28-27-30(16-24(31)35-7)23-13-19(5)12-20(6)25(23)36-27/h8-13,17-18H,14-16H2,1-7H3. The molecular formula is C27H35N3O5S2. The van der Waals surface area contributed by atoms with Crippen LogP contribution in [0, 0.1) is 25.7 Å². The summed E-state index contributed by atoms with van der Waals surface area (Å²) in [6.07, 6.45) is 0. The Morgan fingerprint density at radius 1 is 1.03 bits per heavy atom. The van der Waals surface area contributed by atoms with Gasteiger partial charge < -0.3 is 9.30 Å². The van der Waals surface area contributed by atoms with Crippen molar-refractivity contribution in [1.82, 2.24) is 8.87 Å². The van der Waals surface area contributed by atoms with Crippen molar-refractivity contribution in [3.05, 3.63) is 57.9 Å². The number of nitrogens with zero attached hydrogens (tertiary/aromatic N) is 3. The minimum Gasteiger partial charge on any atom is -0.468 e. The minimum absolute atomic E-state index is 0.0791. The fourth-order valence-corrected chi connectivity index (χ4v) is 6.94. The maximum atomic E-state index is 13.3. The lowest BCUT2D eigenvalue weighted by Crippen LogP contribution is -2.37. The van der Waals surface area contributed by atoms with Crippen LogP contribution in [-0.2, 0) is 26.1 Å². The number of carbonyl (C=O) groups excluding carboxylic acids is 2. The van der Waals surface area contributed by atoms with E-state index in [9.17, 15) is 18.0 Å². The number of fused-ring (bicyclic) bond motifs is 1. The molecule has 0 unspecified atom stereocenters. The Labute approximate surface area is 222 Å². The summed E-state index contributed by atoms with van der Waals surface area (Å²) in [5.41, 5.74) is 3.11. The second kappa shape index (κ2) is 11.7. The van der Waals surface area contributed by atoms with Crippen molar-refractivity contribution < 1.29 is 22.7 Å². The van der Waals surface area contributed by atoms with E-state index >= 15 is 0 Å². The number of aryl methyl sites for hydroxylation is 2. The van der Waals surface area contributed by atoms with Gasteiger partial charge in [-0.25, -0.2) is 8.42 Å². The molecule has 0 atom stereocenters. The van der Waals surface area contributed by atoms with Crippen LogP contribution in [-0.4, -0.2) is 49.4 Å². The molecule has 8 nitrogen and oxygen atoms in total. The molecule has 1 heterocycles. The van der Waals surface area contributed by atoms with Crippen LogP contribution in [0.15, 0.2) is 46.3 Å². The number of ether oxygens (including phenoxy) is 1. The third kappa shape index (κ3) is 6.74. The molecule has 37 heavy (non-hydrogen) atoms. The van der Waals surface area contributed by atoms with Crippen molar-refractivity contribution >= 4 is 43.5 Å². The zero-order chi connectivity index (χ0) is 27.5. The first-order valence-corrected chi connectivity index (χ1v) is 14.5. The molecule has 10 heteroatoms. The van der Waals surface area contributed by atoms with Crippen LogP contribution in [0.2, 0.25) is 0 Å². The van der Waals surface area contributed by atoms with E-state index < -0.39 is 21.9 Å². The molecule has 2 aromatic carbocycles. The van der Waals surface area contributed by atoms with E-state index in [1.807, 2.05) is 53.7 Å². The molecule has 0 fully saturated rings. The predicted octanol–water partition coefficient (Wildman–Crippen LogP) is 4.54. The molecule has 3 aromatic rings. The van der Waals surface area contributed by atoms with Gasteiger partial charge in [0.15, 0.2) is 4.80 Å². The van der Waals surface area contributed by atoms with Gasteiger partial charge in [-0.3, -0.25) is 9.59 Å². The Hall–Kier alpha value is -2.82. The highest BCUT2D eigenvalue weighted by Crippen LogP contribution is 2.24. The maximum Gasteiger partial charge on any atom is 0.325 e. The zero-order valence-corrected chi connectivity index (χ0v) is 24.1. The number of amides is 1. The third-order valence-corrected chi connectivity index (χ3v) is 8.78. The van der Waals surface area contributed by atoms with Crippen LogP contribution in [0.5, 0.6) is 0 Å². The average molecular weight is 546 g/mol. The second-order valence-electron chi connectivity index (χ2n) is 10.0. The number of rotatable bonds is 9. The normalized spacial score (nSPS) is 12.8. The largest absolute Gasteiger partial charge is 0.468 e. The molecular weight excluding hydrogens is 510 g/mol. The van der Waals surface area contributed by atoms with Crippen molar-refractivity contribution in [1.29, 1.82) is 0 Å². The van der Waals surface area contributed by atoms with Crippen molar-refractivity contribution in [2.45, 2.75) is 53.0 Å². The van der Waals surface area contributed by atoms with Crippen LogP contribution in [0.1, 0.15) is 49.2 Å². The average Bonchev–Trinajstić information content (AvgIpc) is 3.15. The molecule has 0 radical (unpaired) electrons. The van der Waals surface area contributed by atoms with Crippen LogP contribution in [0.3, 0.4) is 0 Å². The number of hydrogen-bond donors (Lipinski definition) is 0. The van der Waals surface area contributed by atoms with Crippen molar-refractivity contribution in [2.75, 3.05) is 20.2 Å². The maximum absolute atomic E-state index is 13.3. The van der Waals surface area contributed by atoms with Gasteiger partial charge in [-0.1, -0.05) is 45.1 Å². The van der Waals surface area contributed by atoms with Gasteiger partial charge in [0.05, 0.1) is 22.2 Å². The summed E-state index contributed by atoms with van der Waals surface area (Å²) in [6.45, 7) is 12.6. The van der Waals surface area contributed by atoms with Gasteiger partial charge in [0.2, 0.25) is 10.0 Å². The van der Waals surface area contributed by atoms with E-state index in [-0.39, 0.29) is 28.8 Å². The predicted molar refractivity (Wildman–Crippen MR) is 146 cm³/mol. The monoisotopic (exact) mass is 545 g/mol. The summed E-state index contributed by atoms with van der Waals surface area (Å²) >= 11 is 1.32. The Bertz CT molecular complexity index is 1460. The molecule has 0 aliphatic heterocycles. The molecule has 3 rings (SSSR count). The number of thiazole rings is 1. The van der Waals surface area contributed by atoms with Crippen molar-refractivity contribution in [3.63, 3.8) is 0 Å². The summed E-state index contributed by atoms with van der Waals surface area (Å²) < 4.78 is 35.5. The molecule has 0 aliphatic carbocycles. The van der Waals surface area contributed by atoms with Crippen LogP contribution in [0.25, 0.3) is 10.2 Å². The first kappa shape index (κ1) is 28.7. The van der Waals surface area contributed by atoms with E-state index in [0.717, 1.165) is 21.3 Å². The van der Waals surface area contributed by atoms with Crippen LogP contribution < -0.4 is 4.80 Å². The summed E-state index contributed by atoms with van der Waals surface area (Å²) in [5.74, 6) is -0.614. The molecule has 0 saturated heterocycles. The smallest absolute Gasteiger partial charge is 0.325 e. The first-order chi connectivity index (χ1) is 17.3. The molecule has 0 bridgehead atoms. The fourth-order valence-electron chi connectivity index (χ4n) is 4.10. The first-order valence-electron chi connectivity index (χ1n) is 12.2. The molecule has 0 saturated carbocycles. The number of carbonyl (C=O) groups is 2. The Morgan fingerprint density at radius 3 is 2.16 bits per heavy atom. The van der Waals surface area contributed by atoms with Gasteiger partial charge in [0.25, 0.3) is 5.91 Å². The highest BCUT2D eigenvalue weighted by molar-refractivity contribution is 7.89. The topological polar surface area (TPSA) is 98.0 Å². The Kier molecular flexibility index (Phi) is 9.09. The summed E-state index contributed by atoms with van der Waals surface area (Å²) in [4.78, 5) is 30.0. The highest BCUT2D eigenvalue weighted by atomic mass is 32.2. The summed E-state index contributed by atoms with van der Waals surface area (Å²) in [6, 6.07) is 9.85.